The van der Waals surface area contributed by atoms with Crippen LogP contribution in [0.3, 0.4) is 0 Å². The highest BCUT2D eigenvalue weighted by atomic mass is 19.1. The van der Waals surface area contributed by atoms with Gasteiger partial charge in [0, 0.05) is 6.42 Å². The fourth-order valence-electron chi connectivity index (χ4n) is 2.01. The van der Waals surface area contributed by atoms with Gasteiger partial charge in [0.2, 0.25) is 0 Å². The number of hydrogen-bond donors (Lipinski definition) is 1. The van der Waals surface area contributed by atoms with E-state index in [4.69, 9.17) is 4.74 Å². The summed E-state index contributed by atoms with van der Waals surface area (Å²) < 4.78 is 45.8. The van der Waals surface area contributed by atoms with Gasteiger partial charge in [-0.1, -0.05) is 18.2 Å². The molecular weight excluding hydrogens is 269 g/mol. The summed E-state index contributed by atoms with van der Waals surface area (Å²) in [5, 5.41) is 9.94. The van der Waals surface area contributed by atoms with Crippen LogP contribution in [0.25, 0.3) is 0 Å². The van der Waals surface area contributed by atoms with Gasteiger partial charge in [-0.3, -0.25) is 0 Å². The van der Waals surface area contributed by atoms with Gasteiger partial charge in [-0.15, -0.1) is 0 Å². The van der Waals surface area contributed by atoms with Crippen molar-refractivity contribution in [3.05, 3.63) is 65.0 Å². The first-order valence-corrected chi connectivity index (χ1v) is 5.98. The minimum atomic E-state index is -1.47. The van der Waals surface area contributed by atoms with Gasteiger partial charge in [0.1, 0.15) is 11.6 Å². The third-order valence-electron chi connectivity index (χ3n) is 3.01. The monoisotopic (exact) mass is 282 g/mol. The topological polar surface area (TPSA) is 29.5 Å². The molecule has 0 amide bonds. The molecule has 2 aromatic rings. The molecule has 20 heavy (non-hydrogen) atoms. The Balaban J connectivity index is 2.31. The summed E-state index contributed by atoms with van der Waals surface area (Å²) in [5.41, 5.74) is -0.339. The van der Waals surface area contributed by atoms with Crippen molar-refractivity contribution in [3.8, 4) is 5.75 Å². The lowest BCUT2D eigenvalue weighted by molar-refractivity contribution is 0.167. The predicted octanol–water partition coefficient (Wildman–Crippen LogP) is 3.39. The maximum absolute atomic E-state index is 13.9. The molecule has 0 aliphatic heterocycles. The largest absolute Gasteiger partial charge is 0.494 e. The zero-order chi connectivity index (χ0) is 14.7. The quantitative estimate of drug-likeness (QED) is 0.931. The van der Waals surface area contributed by atoms with E-state index in [0.29, 0.717) is 0 Å². The molecule has 0 saturated carbocycles. The molecule has 2 rings (SSSR count). The van der Waals surface area contributed by atoms with E-state index in [9.17, 15) is 18.3 Å². The first-order chi connectivity index (χ1) is 9.54. The Morgan fingerprint density at radius 2 is 1.65 bits per heavy atom. The molecule has 2 aromatic carbocycles. The lowest BCUT2D eigenvalue weighted by Gasteiger charge is -2.14. The number of aliphatic hydroxyl groups is 1. The van der Waals surface area contributed by atoms with Crippen molar-refractivity contribution < 1.29 is 23.0 Å². The van der Waals surface area contributed by atoms with Gasteiger partial charge in [0.15, 0.2) is 11.6 Å². The molecule has 0 aliphatic carbocycles. The third-order valence-corrected chi connectivity index (χ3v) is 3.01. The summed E-state index contributed by atoms with van der Waals surface area (Å²) >= 11 is 0. The fourth-order valence-corrected chi connectivity index (χ4v) is 2.01. The normalized spacial score (nSPS) is 12.2. The fraction of sp³-hybridized carbons (Fsp3) is 0.200. The number of aliphatic hydroxyl groups excluding tert-OH is 1. The van der Waals surface area contributed by atoms with Gasteiger partial charge in [-0.2, -0.15) is 0 Å². The van der Waals surface area contributed by atoms with Gasteiger partial charge in [-0.05, 0) is 23.8 Å². The van der Waals surface area contributed by atoms with Crippen LogP contribution in [0.5, 0.6) is 5.75 Å². The molecule has 0 fully saturated rings. The molecule has 1 unspecified atom stereocenters. The zero-order valence-electron chi connectivity index (χ0n) is 10.7. The van der Waals surface area contributed by atoms with Gasteiger partial charge < -0.3 is 9.84 Å². The number of rotatable bonds is 4. The molecule has 0 spiro atoms. The van der Waals surface area contributed by atoms with E-state index in [1.807, 2.05) is 0 Å². The lowest BCUT2D eigenvalue weighted by Crippen LogP contribution is -2.08. The van der Waals surface area contributed by atoms with Crippen molar-refractivity contribution in [2.75, 3.05) is 7.11 Å². The summed E-state index contributed by atoms with van der Waals surface area (Å²) in [4.78, 5) is 0. The third kappa shape index (κ3) is 2.77. The molecule has 0 bridgehead atoms. The Kier molecular flexibility index (Phi) is 4.29. The highest BCUT2D eigenvalue weighted by molar-refractivity contribution is 5.33. The predicted molar refractivity (Wildman–Crippen MR) is 68.0 cm³/mol. The number of methoxy groups -OCH3 is 1. The van der Waals surface area contributed by atoms with Crippen molar-refractivity contribution in [3.63, 3.8) is 0 Å². The minimum Gasteiger partial charge on any atom is -0.494 e. The van der Waals surface area contributed by atoms with Gasteiger partial charge in [0.05, 0.1) is 18.8 Å². The van der Waals surface area contributed by atoms with E-state index < -0.39 is 29.1 Å². The second-order valence-corrected chi connectivity index (χ2v) is 4.29. The zero-order valence-corrected chi connectivity index (χ0v) is 10.7. The van der Waals surface area contributed by atoms with E-state index in [1.54, 1.807) is 6.07 Å². The van der Waals surface area contributed by atoms with Crippen molar-refractivity contribution >= 4 is 0 Å². The Morgan fingerprint density at radius 3 is 2.25 bits per heavy atom. The highest BCUT2D eigenvalue weighted by Gasteiger charge is 2.20. The number of hydrogen-bond acceptors (Lipinski definition) is 2. The summed E-state index contributed by atoms with van der Waals surface area (Å²) in [5.74, 6) is -2.35. The van der Waals surface area contributed by atoms with E-state index in [-0.39, 0.29) is 17.7 Å². The van der Waals surface area contributed by atoms with Crippen molar-refractivity contribution in [2.24, 2.45) is 0 Å². The summed E-state index contributed by atoms with van der Waals surface area (Å²) in [6.45, 7) is 0. The van der Waals surface area contributed by atoms with Gasteiger partial charge in [0.25, 0.3) is 0 Å². The van der Waals surface area contributed by atoms with E-state index in [0.717, 1.165) is 12.1 Å². The van der Waals surface area contributed by atoms with Crippen molar-refractivity contribution in [1.82, 2.24) is 0 Å². The molecule has 106 valence electrons. The summed E-state index contributed by atoms with van der Waals surface area (Å²) in [6, 6.07) is 7.69. The number of benzene rings is 2. The average molecular weight is 282 g/mol. The molecule has 0 saturated heterocycles. The van der Waals surface area contributed by atoms with Crippen LogP contribution in [0.1, 0.15) is 17.2 Å². The van der Waals surface area contributed by atoms with Gasteiger partial charge >= 0.3 is 0 Å². The highest BCUT2D eigenvalue weighted by Crippen LogP contribution is 2.27. The van der Waals surface area contributed by atoms with Crippen LogP contribution in [0, 0.1) is 17.5 Å². The maximum Gasteiger partial charge on any atom is 0.168 e. The summed E-state index contributed by atoms with van der Waals surface area (Å²) in [7, 11) is 1.31. The van der Waals surface area contributed by atoms with Crippen LogP contribution >= 0.6 is 0 Å². The van der Waals surface area contributed by atoms with Crippen LogP contribution in [-0.4, -0.2) is 12.2 Å². The number of ether oxygens (including phenoxy) is 1. The van der Waals surface area contributed by atoms with Crippen LogP contribution in [0.2, 0.25) is 0 Å². The molecule has 0 heterocycles. The van der Waals surface area contributed by atoms with Crippen molar-refractivity contribution in [2.45, 2.75) is 12.5 Å². The lowest BCUT2D eigenvalue weighted by atomic mass is 10.00. The van der Waals surface area contributed by atoms with E-state index in [2.05, 4.69) is 0 Å². The molecule has 1 N–H and O–H groups in total. The second-order valence-electron chi connectivity index (χ2n) is 4.29. The molecule has 0 aliphatic rings. The van der Waals surface area contributed by atoms with Crippen LogP contribution < -0.4 is 4.74 Å². The smallest absolute Gasteiger partial charge is 0.168 e. The van der Waals surface area contributed by atoms with Gasteiger partial charge in [-0.25, -0.2) is 13.2 Å². The van der Waals surface area contributed by atoms with Crippen molar-refractivity contribution in [1.29, 1.82) is 0 Å². The standard InChI is InChI=1S/C15H13F3O2/c1-20-13-7-2-4-9(15(13)18)8-12(19)14-10(16)5-3-6-11(14)17/h2-7,12,19H,8H2,1H3. The van der Waals surface area contributed by atoms with Crippen LogP contribution in [-0.2, 0) is 6.42 Å². The Labute approximate surface area is 114 Å². The SMILES string of the molecule is COc1cccc(CC(O)c2c(F)cccc2F)c1F. The molecular formula is C15H13F3O2. The molecule has 5 heteroatoms. The molecule has 0 aromatic heterocycles. The molecule has 0 radical (unpaired) electrons. The molecule has 1 atom stereocenters. The van der Waals surface area contributed by atoms with E-state index >= 15 is 0 Å². The maximum atomic E-state index is 13.9. The first kappa shape index (κ1) is 14.4. The Morgan fingerprint density at radius 1 is 1.05 bits per heavy atom. The van der Waals surface area contributed by atoms with Crippen LogP contribution in [0.4, 0.5) is 13.2 Å². The van der Waals surface area contributed by atoms with Crippen LogP contribution in [0.15, 0.2) is 36.4 Å². The Bertz CT molecular complexity index is 594. The average Bonchev–Trinajstić information content (AvgIpc) is 2.41. The number of halogens is 3. The first-order valence-electron chi connectivity index (χ1n) is 5.98. The Hall–Kier alpha value is -2.01. The molecule has 2 nitrogen and oxygen atoms in total. The summed E-state index contributed by atoms with van der Waals surface area (Å²) in [6.07, 6.45) is -1.72. The second kappa shape index (κ2) is 5.96. The minimum absolute atomic E-state index is 0.0173. The van der Waals surface area contributed by atoms with E-state index in [1.165, 1.54) is 25.3 Å².